The van der Waals surface area contributed by atoms with Crippen molar-refractivity contribution in [1.82, 2.24) is 24.8 Å². The molecule has 51 heavy (non-hydrogen) atoms. The fourth-order valence-corrected chi connectivity index (χ4v) is 5.97. The Bertz CT molecular complexity index is 1940. The Morgan fingerprint density at radius 3 is 2.57 bits per heavy atom. The van der Waals surface area contributed by atoms with Crippen LogP contribution >= 0.6 is 0 Å². The Hall–Kier alpha value is -5.31. The average Bonchev–Trinajstić information content (AvgIpc) is 3.72. The zero-order valence-corrected chi connectivity index (χ0v) is 30.8. The van der Waals surface area contributed by atoms with Crippen molar-refractivity contribution in [2.45, 2.75) is 104 Å². The van der Waals surface area contributed by atoms with Crippen molar-refractivity contribution < 1.29 is 28.3 Å². The van der Waals surface area contributed by atoms with Gasteiger partial charge in [-0.05, 0) is 111 Å². The number of benzene rings is 2. The van der Waals surface area contributed by atoms with E-state index in [2.05, 4.69) is 21.2 Å². The fraction of sp³-hybridized carbons (Fsp3) is 0.462. The number of fused-ring (bicyclic) bond motifs is 1. The summed E-state index contributed by atoms with van der Waals surface area (Å²) in [6.07, 6.45) is 8.82. The zero-order chi connectivity index (χ0) is 37.1. The normalized spacial score (nSPS) is 15.6. The van der Waals surface area contributed by atoms with E-state index in [-0.39, 0.29) is 5.91 Å². The Balaban J connectivity index is 1.34. The number of likely N-dealkylation sites (tertiary alicyclic amines) is 1. The highest BCUT2D eigenvalue weighted by Crippen LogP contribution is 2.33. The Labute approximate surface area is 299 Å². The molecule has 0 spiro atoms. The van der Waals surface area contributed by atoms with Crippen LogP contribution in [0.2, 0.25) is 0 Å². The van der Waals surface area contributed by atoms with E-state index in [1.807, 2.05) is 91.8 Å². The monoisotopic (exact) mass is 696 g/mol. The van der Waals surface area contributed by atoms with Crippen molar-refractivity contribution in [2.75, 3.05) is 18.4 Å². The number of rotatable bonds is 8. The molecule has 1 aliphatic rings. The number of terminal acetylenes is 1. The molecule has 270 valence electrons. The maximum Gasteiger partial charge on any atom is 0.410 e. The molecule has 2 N–H and O–H groups in total. The van der Waals surface area contributed by atoms with Gasteiger partial charge in [0.15, 0.2) is 5.76 Å². The zero-order valence-electron chi connectivity index (χ0n) is 30.8. The molecule has 2 aromatic heterocycles. The summed E-state index contributed by atoms with van der Waals surface area (Å²) in [5.41, 5.74) is 3.06. The van der Waals surface area contributed by atoms with Crippen LogP contribution in [-0.2, 0) is 14.3 Å². The summed E-state index contributed by atoms with van der Waals surface area (Å²) in [6.45, 7) is 15.5. The molecule has 1 saturated heterocycles. The fourth-order valence-electron chi connectivity index (χ4n) is 5.97. The highest BCUT2D eigenvalue weighted by atomic mass is 16.6. The largest absolute Gasteiger partial charge is 0.444 e. The number of oxazole rings is 1. The summed E-state index contributed by atoms with van der Waals surface area (Å²) < 4.78 is 17.5. The number of amides is 3. The first kappa shape index (κ1) is 37.0. The predicted molar refractivity (Wildman–Crippen MR) is 196 cm³/mol. The molecule has 12 heteroatoms. The number of aromatic nitrogens is 3. The molecular weight excluding hydrogens is 648 g/mol. The number of carbonyl (C=O) groups excluding carboxylic acids is 3. The van der Waals surface area contributed by atoms with Gasteiger partial charge in [-0.1, -0.05) is 6.07 Å². The minimum Gasteiger partial charge on any atom is -0.444 e. The number of H-pyrrole nitrogens is 1. The number of nitrogens with one attached hydrogen (secondary N) is 2. The molecule has 12 nitrogen and oxygen atoms in total. The summed E-state index contributed by atoms with van der Waals surface area (Å²) in [7, 11) is 0. The molecule has 0 radical (unpaired) electrons. The summed E-state index contributed by atoms with van der Waals surface area (Å²) in [6, 6.07) is 10.2. The van der Waals surface area contributed by atoms with Gasteiger partial charge in [-0.3, -0.25) is 14.6 Å². The van der Waals surface area contributed by atoms with E-state index in [9.17, 15) is 14.4 Å². The molecule has 1 aliphatic heterocycles. The molecule has 2 aromatic carbocycles. The van der Waals surface area contributed by atoms with Gasteiger partial charge in [0, 0.05) is 36.3 Å². The van der Waals surface area contributed by atoms with Gasteiger partial charge < -0.3 is 24.2 Å². The van der Waals surface area contributed by atoms with Gasteiger partial charge in [-0.15, -0.1) is 12.3 Å². The van der Waals surface area contributed by atoms with Crippen LogP contribution in [0.5, 0.6) is 0 Å². The van der Waals surface area contributed by atoms with E-state index in [1.165, 1.54) is 4.90 Å². The first-order valence-corrected chi connectivity index (χ1v) is 17.3. The van der Waals surface area contributed by atoms with E-state index in [0.717, 1.165) is 40.6 Å². The number of nitrogens with zero attached hydrogens (tertiary/aromatic N) is 4. The lowest BCUT2D eigenvalue weighted by Gasteiger charge is -2.35. The average molecular weight is 697 g/mol. The third kappa shape index (κ3) is 8.89. The number of piperidine rings is 1. The summed E-state index contributed by atoms with van der Waals surface area (Å²) in [5.74, 6) is 3.87. The maximum atomic E-state index is 13.5. The molecular formula is C39H48N6O6. The lowest BCUT2D eigenvalue weighted by molar-refractivity contribution is -0.122. The lowest BCUT2D eigenvalue weighted by atomic mass is 10.0. The van der Waals surface area contributed by atoms with E-state index in [0.29, 0.717) is 49.1 Å². The number of anilines is 1. The number of hydrogen-bond donors (Lipinski definition) is 2. The third-order valence-corrected chi connectivity index (χ3v) is 8.53. The first-order chi connectivity index (χ1) is 24.0. The van der Waals surface area contributed by atoms with E-state index in [1.54, 1.807) is 11.1 Å². The summed E-state index contributed by atoms with van der Waals surface area (Å²) in [4.78, 5) is 55.2. The van der Waals surface area contributed by atoms with Gasteiger partial charge in [0.2, 0.25) is 11.8 Å². The predicted octanol–water partition coefficient (Wildman–Crippen LogP) is 8.24. The number of imidazole rings is 1. The van der Waals surface area contributed by atoms with Crippen molar-refractivity contribution in [2.24, 2.45) is 0 Å². The van der Waals surface area contributed by atoms with Crippen molar-refractivity contribution in [3.05, 3.63) is 54.0 Å². The molecule has 2 atom stereocenters. The van der Waals surface area contributed by atoms with E-state index >= 15 is 0 Å². The molecule has 4 aromatic rings. The van der Waals surface area contributed by atoms with Crippen LogP contribution in [0.25, 0.3) is 33.8 Å². The third-order valence-electron chi connectivity index (χ3n) is 8.53. The lowest BCUT2D eigenvalue weighted by Crippen LogP contribution is -2.51. The Morgan fingerprint density at radius 1 is 1.12 bits per heavy atom. The molecule has 5 rings (SSSR count). The number of carbonyl (C=O) groups is 3. The van der Waals surface area contributed by atoms with Crippen molar-refractivity contribution in [3.63, 3.8) is 0 Å². The van der Waals surface area contributed by atoms with Crippen molar-refractivity contribution in [3.8, 4) is 35.1 Å². The highest BCUT2D eigenvalue weighted by molar-refractivity contribution is 5.98. The molecule has 3 heterocycles. The van der Waals surface area contributed by atoms with Crippen LogP contribution in [0.4, 0.5) is 15.3 Å². The topological polar surface area (TPSA) is 143 Å². The molecule has 0 unspecified atom stereocenters. The molecule has 3 amide bonds. The van der Waals surface area contributed by atoms with Crippen molar-refractivity contribution in [1.29, 1.82) is 0 Å². The minimum atomic E-state index is -0.658. The highest BCUT2D eigenvalue weighted by Gasteiger charge is 2.35. The van der Waals surface area contributed by atoms with Crippen LogP contribution in [0.3, 0.4) is 0 Å². The number of aromatic amines is 1. The van der Waals surface area contributed by atoms with Gasteiger partial charge in [-0.2, -0.15) is 0 Å². The second-order valence-electron chi connectivity index (χ2n) is 14.8. The second-order valence-corrected chi connectivity index (χ2v) is 14.8. The molecule has 1 fully saturated rings. The van der Waals surface area contributed by atoms with Crippen LogP contribution < -0.4 is 5.32 Å². The summed E-state index contributed by atoms with van der Waals surface area (Å²) in [5, 5.41) is 3.03. The molecule has 0 saturated carbocycles. The van der Waals surface area contributed by atoms with Crippen molar-refractivity contribution >= 4 is 34.8 Å². The molecule has 0 bridgehead atoms. The number of ether oxygens (including phenoxy) is 2. The van der Waals surface area contributed by atoms with Gasteiger partial charge >= 0.3 is 12.2 Å². The Kier molecular flexibility index (Phi) is 10.8. The maximum absolute atomic E-state index is 13.5. The summed E-state index contributed by atoms with van der Waals surface area (Å²) >= 11 is 0. The molecule has 0 aliphatic carbocycles. The van der Waals surface area contributed by atoms with Gasteiger partial charge in [-0.25, -0.2) is 19.6 Å². The SMILES string of the molecule is C#CCCN(C(=O)OC(C)(C)C)[C@@H](C)c1nc2ccc(-c3cnc(-c4cccc(NC(=O)[C@@H]5CCCCN5C(=O)OC(C)(C)C)c4C)o3)cc2[nH]1. The van der Waals surface area contributed by atoms with Crippen LogP contribution in [0.1, 0.15) is 91.6 Å². The minimum absolute atomic E-state index is 0.263. The second kappa shape index (κ2) is 14.9. The van der Waals surface area contributed by atoms with E-state index < -0.39 is 35.5 Å². The number of hydrogen-bond acceptors (Lipinski definition) is 8. The van der Waals surface area contributed by atoms with Gasteiger partial charge in [0.25, 0.3) is 0 Å². The van der Waals surface area contributed by atoms with Crippen LogP contribution in [0, 0.1) is 19.3 Å². The smallest absolute Gasteiger partial charge is 0.410 e. The van der Waals surface area contributed by atoms with Crippen LogP contribution in [0.15, 0.2) is 47.0 Å². The van der Waals surface area contributed by atoms with Gasteiger partial charge in [0.05, 0.1) is 23.3 Å². The van der Waals surface area contributed by atoms with Gasteiger partial charge in [0.1, 0.15) is 23.1 Å². The quantitative estimate of drug-likeness (QED) is 0.175. The Morgan fingerprint density at radius 2 is 1.86 bits per heavy atom. The standard InChI is InChI=1S/C39H48N6O6/c1-10-11-20-44(36(47)50-38(4,5)6)25(3)33-41-29-19-18-26(22-30(29)42-33)32-23-40-35(49-32)27-15-14-16-28(24(27)2)43-34(46)31-17-12-13-21-45(31)37(48)51-39(7,8)9/h1,14-16,18-19,22-23,25,31H,11-13,17,20-21H2,2-9H3,(H,41,42)(H,43,46)/t25-,31-/m0/s1. The van der Waals surface area contributed by atoms with E-state index in [4.69, 9.17) is 25.3 Å². The van der Waals surface area contributed by atoms with Crippen LogP contribution in [-0.4, -0.2) is 73.2 Å². The first-order valence-electron chi connectivity index (χ1n) is 17.3.